The van der Waals surface area contributed by atoms with Crippen molar-refractivity contribution in [2.45, 2.75) is 6.92 Å². The first kappa shape index (κ1) is 10.1. The van der Waals surface area contributed by atoms with E-state index in [1.54, 1.807) is 12.1 Å². The first-order valence-corrected chi connectivity index (χ1v) is 4.53. The van der Waals surface area contributed by atoms with Crippen LogP contribution in [0, 0.1) is 6.92 Å². The third-order valence-electron chi connectivity index (χ3n) is 2.03. The molecule has 0 fully saturated rings. The van der Waals surface area contributed by atoms with Crippen molar-refractivity contribution in [3.05, 3.63) is 36.0 Å². The van der Waals surface area contributed by atoms with Gasteiger partial charge in [-0.05, 0) is 19.1 Å². The van der Waals surface area contributed by atoms with Crippen LogP contribution in [0.5, 0.6) is 0 Å². The Bertz CT molecular complexity index is 519. The van der Waals surface area contributed by atoms with Crippen molar-refractivity contribution in [2.24, 2.45) is 10.9 Å². The van der Waals surface area contributed by atoms with Crippen LogP contribution in [0.15, 0.2) is 29.9 Å². The minimum atomic E-state index is -0.0157. The topological polar surface area (TPSA) is 102 Å². The predicted octanol–water partition coefficient (Wildman–Crippen LogP) is 0.0652. The summed E-state index contributed by atoms with van der Waals surface area (Å²) in [5.74, 6) is 0.464. The van der Waals surface area contributed by atoms with Gasteiger partial charge < -0.3 is 10.9 Å². The Morgan fingerprint density at radius 2 is 2.31 bits per heavy atom. The van der Waals surface area contributed by atoms with Crippen molar-refractivity contribution in [3.8, 4) is 5.82 Å². The Morgan fingerprint density at radius 1 is 1.50 bits per heavy atom. The minimum Gasteiger partial charge on any atom is -0.409 e. The highest BCUT2D eigenvalue weighted by Crippen LogP contribution is 2.11. The van der Waals surface area contributed by atoms with Gasteiger partial charge in [0.2, 0.25) is 0 Å². The molecule has 0 amide bonds. The Kier molecular flexibility index (Phi) is 2.50. The minimum absolute atomic E-state index is 0.0157. The second kappa shape index (κ2) is 3.97. The van der Waals surface area contributed by atoms with Crippen LogP contribution < -0.4 is 5.73 Å². The fourth-order valence-corrected chi connectivity index (χ4v) is 1.29. The van der Waals surface area contributed by atoms with Crippen molar-refractivity contribution in [3.63, 3.8) is 0 Å². The van der Waals surface area contributed by atoms with Crippen LogP contribution in [0.2, 0.25) is 0 Å². The van der Waals surface area contributed by atoms with Gasteiger partial charge in [-0.15, -0.1) is 0 Å². The van der Waals surface area contributed by atoms with Gasteiger partial charge >= 0.3 is 0 Å². The van der Waals surface area contributed by atoms with Crippen LogP contribution in [-0.4, -0.2) is 30.8 Å². The lowest BCUT2D eigenvalue weighted by atomic mass is 10.2. The Morgan fingerprint density at radius 3 is 2.94 bits per heavy atom. The molecule has 0 atom stereocenters. The van der Waals surface area contributed by atoms with E-state index in [-0.39, 0.29) is 5.84 Å². The summed E-state index contributed by atoms with van der Waals surface area (Å²) in [7, 11) is 0. The van der Waals surface area contributed by atoms with Gasteiger partial charge in [0, 0.05) is 5.69 Å². The molecule has 7 nitrogen and oxygen atoms in total. The fourth-order valence-electron chi connectivity index (χ4n) is 1.29. The molecule has 0 saturated carbocycles. The van der Waals surface area contributed by atoms with E-state index >= 15 is 0 Å². The number of pyridine rings is 1. The molecule has 2 aromatic rings. The largest absolute Gasteiger partial charge is 0.409 e. The first-order chi connectivity index (χ1) is 7.72. The normalized spacial score (nSPS) is 11.7. The summed E-state index contributed by atoms with van der Waals surface area (Å²) in [6, 6.07) is 3.49. The lowest BCUT2D eigenvalue weighted by Gasteiger charge is -2.07. The van der Waals surface area contributed by atoms with E-state index in [1.807, 2.05) is 6.92 Å². The number of amidine groups is 1. The average Bonchev–Trinajstić information content (AvgIpc) is 2.81. The number of hydrogen-bond donors (Lipinski definition) is 2. The number of nitrogens with two attached hydrogens (primary N) is 1. The zero-order valence-electron chi connectivity index (χ0n) is 8.57. The third kappa shape index (κ3) is 1.70. The molecule has 7 heteroatoms. The quantitative estimate of drug-likeness (QED) is 0.321. The number of rotatable bonds is 2. The standard InChI is InChI=1S/C9H10N6O/c1-6-2-3-7(8(10)14-16)9(13-6)15-5-11-4-12-15/h2-5,16H,1H3,(H2,10,14). The van der Waals surface area contributed by atoms with Crippen molar-refractivity contribution in [1.29, 1.82) is 0 Å². The van der Waals surface area contributed by atoms with Gasteiger partial charge in [-0.2, -0.15) is 5.10 Å². The summed E-state index contributed by atoms with van der Waals surface area (Å²) < 4.78 is 1.46. The lowest BCUT2D eigenvalue weighted by molar-refractivity contribution is 0.318. The van der Waals surface area contributed by atoms with Crippen molar-refractivity contribution < 1.29 is 5.21 Å². The molecule has 0 radical (unpaired) electrons. The molecule has 2 aromatic heterocycles. The summed E-state index contributed by atoms with van der Waals surface area (Å²) in [6.07, 6.45) is 2.88. The highest BCUT2D eigenvalue weighted by molar-refractivity contribution is 5.99. The molecule has 2 heterocycles. The molecule has 0 unspecified atom stereocenters. The summed E-state index contributed by atoms with van der Waals surface area (Å²) >= 11 is 0. The first-order valence-electron chi connectivity index (χ1n) is 4.53. The predicted molar refractivity (Wildman–Crippen MR) is 56.4 cm³/mol. The van der Waals surface area contributed by atoms with Crippen LogP contribution in [0.25, 0.3) is 5.82 Å². The van der Waals surface area contributed by atoms with E-state index in [0.717, 1.165) is 5.69 Å². The Hall–Kier alpha value is -2.44. The number of nitrogens with zero attached hydrogens (tertiary/aromatic N) is 5. The molecule has 0 spiro atoms. The molecule has 0 saturated heterocycles. The molecule has 3 N–H and O–H groups in total. The molecule has 0 aliphatic heterocycles. The number of oxime groups is 1. The highest BCUT2D eigenvalue weighted by atomic mass is 16.4. The summed E-state index contributed by atoms with van der Waals surface area (Å²) in [6.45, 7) is 1.84. The van der Waals surface area contributed by atoms with Crippen LogP contribution in [0.3, 0.4) is 0 Å². The molecule has 0 bridgehead atoms. The smallest absolute Gasteiger partial charge is 0.173 e. The molecule has 0 aromatic carbocycles. The zero-order chi connectivity index (χ0) is 11.5. The van der Waals surface area contributed by atoms with Crippen LogP contribution in [-0.2, 0) is 0 Å². The summed E-state index contributed by atoms with van der Waals surface area (Å²) in [5.41, 5.74) is 6.85. The van der Waals surface area contributed by atoms with Crippen LogP contribution in [0.1, 0.15) is 11.3 Å². The Labute approximate surface area is 91.2 Å². The van der Waals surface area contributed by atoms with E-state index in [9.17, 15) is 0 Å². The maximum atomic E-state index is 8.67. The summed E-state index contributed by atoms with van der Waals surface area (Å²) in [5, 5.41) is 15.6. The SMILES string of the molecule is Cc1ccc(/C(N)=N/O)c(-n2cncn2)n1. The zero-order valence-corrected chi connectivity index (χ0v) is 8.57. The molecule has 16 heavy (non-hydrogen) atoms. The maximum absolute atomic E-state index is 8.67. The van der Waals surface area contributed by atoms with Gasteiger partial charge in [0.25, 0.3) is 0 Å². The van der Waals surface area contributed by atoms with Gasteiger partial charge in [0.15, 0.2) is 11.7 Å². The fraction of sp³-hybridized carbons (Fsp3) is 0.111. The van der Waals surface area contributed by atoms with E-state index < -0.39 is 0 Å². The highest BCUT2D eigenvalue weighted by Gasteiger charge is 2.11. The molecular formula is C9H10N6O. The number of aryl methyl sites for hydroxylation is 1. The molecule has 82 valence electrons. The molecule has 0 aliphatic carbocycles. The van der Waals surface area contributed by atoms with Gasteiger partial charge in [-0.25, -0.2) is 14.6 Å². The summed E-state index contributed by atoms with van der Waals surface area (Å²) in [4.78, 5) is 8.10. The number of aromatic nitrogens is 4. The van der Waals surface area contributed by atoms with Crippen LogP contribution >= 0.6 is 0 Å². The van der Waals surface area contributed by atoms with E-state index in [1.165, 1.54) is 17.3 Å². The lowest BCUT2D eigenvalue weighted by Crippen LogP contribution is -2.18. The maximum Gasteiger partial charge on any atom is 0.173 e. The van der Waals surface area contributed by atoms with Gasteiger partial charge in [0.1, 0.15) is 12.7 Å². The molecular weight excluding hydrogens is 208 g/mol. The monoisotopic (exact) mass is 218 g/mol. The number of hydrogen-bond acceptors (Lipinski definition) is 5. The molecule has 2 rings (SSSR count). The van der Waals surface area contributed by atoms with Crippen LogP contribution in [0.4, 0.5) is 0 Å². The van der Waals surface area contributed by atoms with E-state index in [0.29, 0.717) is 11.4 Å². The van der Waals surface area contributed by atoms with Gasteiger partial charge in [-0.3, -0.25) is 0 Å². The van der Waals surface area contributed by atoms with E-state index in [4.69, 9.17) is 10.9 Å². The van der Waals surface area contributed by atoms with Crippen molar-refractivity contribution >= 4 is 5.84 Å². The second-order valence-corrected chi connectivity index (χ2v) is 3.15. The van der Waals surface area contributed by atoms with Gasteiger partial charge in [-0.1, -0.05) is 5.16 Å². The van der Waals surface area contributed by atoms with Crippen molar-refractivity contribution in [2.75, 3.05) is 0 Å². The average molecular weight is 218 g/mol. The second-order valence-electron chi connectivity index (χ2n) is 3.15. The van der Waals surface area contributed by atoms with Crippen molar-refractivity contribution in [1.82, 2.24) is 19.7 Å². The Balaban J connectivity index is 2.62. The third-order valence-corrected chi connectivity index (χ3v) is 2.03. The van der Waals surface area contributed by atoms with Gasteiger partial charge in [0.05, 0.1) is 5.56 Å². The molecule has 0 aliphatic rings. The van der Waals surface area contributed by atoms with E-state index in [2.05, 4.69) is 20.2 Å².